The number of benzene rings is 3. The number of alkyl halides is 6. The molecule has 5 aromatic rings. The summed E-state index contributed by atoms with van der Waals surface area (Å²) in [7, 11) is 0. The van der Waals surface area contributed by atoms with E-state index >= 15 is 0 Å². The first-order chi connectivity index (χ1) is 24.2. The fraction of sp³-hybridized carbons (Fsp3) is 0.361. The van der Waals surface area contributed by atoms with E-state index in [1.165, 1.54) is 22.2 Å². The predicted octanol–water partition coefficient (Wildman–Crippen LogP) is 8.01. The highest BCUT2D eigenvalue weighted by Gasteiger charge is 2.39. The third-order valence-corrected chi connectivity index (χ3v) is 9.79. The van der Waals surface area contributed by atoms with Gasteiger partial charge in [0.25, 0.3) is 5.91 Å². The highest BCUT2D eigenvalue weighted by molar-refractivity contribution is 7.99. The smallest absolute Gasteiger partial charge is 0.339 e. The Morgan fingerprint density at radius 3 is 2.29 bits per heavy atom. The van der Waals surface area contributed by atoms with E-state index in [1.54, 1.807) is 11.8 Å². The van der Waals surface area contributed by atoms with Crippen LogP contribution in [-0.4, -0.2) is 72.8 Å². The lowest BCUT2D eigenvalue weighted by atomic mass is 10.0. The number of fused-ring (bicyclic) bond motifs is 3. The van der Waals surface area contributed by atoms with Crippen molar-refractivity contribution in [3.63, 3.8) is 0 Å². The van der Waals surface area contributed by atoms with Gasteiger partial charge in [-0.1, -0.05) is 59.8 Å². The monoisotopic (exact) mass is 728 g/mol. The quantitative estimate of drug-likeness (QED) is 0.0869. The molecule has 3 heterocycles. The van der Waals surface area contributed by atoms with Crippen molar-refractivity contribution in [2.24, 2.45) is 0 Å². The molecule has 0 saturated carbocycles. The Hall–Kier alpha value is -4.66. The van der Waals surface area contributed by atoms with Crippen molar-refractivity contribution in [3.8, 4) is 0 Å². The Morgan fingerprint density at radius 2 is 1.61 bits per heavy atom. The Balaban J connectivity index is 1.03. The molecule has 51 heavy (non-hydrogen) atoms. The molecule has 3 aromatic carbocycles. The van der Waals surface area contributed by atoms with Crippen molar-refractivity contribution in [1.82, 2.24) is 29.5 Å². The molecule has 6 rings (SSSR count). The van der Waals surface area contributed by atoms with E-state index in [0.29, 0.717) is 42.4 Å². The van der Waals surface area contributed by atoms with E-state index in [9.17, 15) is 35.9 Å². The van der Waals surface area contributed by atoms with E-state index in [4.69, 9.17) is 4.98 Å². The summed E-state index contributed by atoms with van der Waals surface area (Å²) >= 11 is 1.45. The zero-order chi connectivity index (χ0) is 36.5. The number of carbonyl (C=O) groups is 2. The first-order valence-electron chi connectivity index (χ1n) is 16.4. The third-order valence-electron chi connectivity index (χ3n) is 8.87. The van der Waals surface area contributed by atoms with Crippen LogP contribution in [0.15, 0.2) is 71.9 Å². The largest absolute Gasteiger partial charge is 0.416 e. The van der Waals surface area contributed by atoms with Gasteiger partial charge in [-0.05, 0) is 56.5 Å². The summed E-state index contributed by atoms with van der Waals surface area (Å²) < 4.78 is 82.1. The molecule has 1 aliphatic heterocycles. The molecule has 0 radical (unpaired) electrons. The van der Waals surface area contributed by atoms with Crippen LogP contribution in [0.4, 0.5) is 26.3 Å². The molecule has 0 spiro atoms. The fourth-order valence-corrected chi connectivity index (χ4v) is 7.11. The zero-order valence-corrected chi connectivity index (χ0v) is 28.6. The van der Waals surface area contributed by atoms with Crippen molar-refractivity contribution in [2.45, 2.75) is 63.2 Å². The standard InChI is InChI=1S/C36H34F6N6O2S/c1-22-8-7-9-24(16-22)21-48-29-11-4-3-10-28(29)31-32(48)43-34(45-44-31)51-15-6-5-12-30(49)46-13-14-47(23(2)20-46)33(50)25-17-26(35(37,38)39)19-27(18-25)36(40,41)42/h3-4,7-11,16-19,23H,5-6,12-15,20-21H2,1-2H3. The van der Waals surface area contributed by atoms with E-state index < -0.39 is 41.0 Å². The number of hydrogen-bond acceptors (Lipinski definition) is 6. The number of amides is 2. The van der Waals surface area contributed by atoms with Gasteiger partial charge in [0.15, 0.2) is 5.65 Å². The summed E-state index contributed by atoms with van der Waals surface area (Å²) in [5.41, 5.74) is 0.996. The zero-order valence-electron chi connectivity index (χ0n) is 27.8. The van der Waals surface area contributed by atoms with Gasteiger partial charge in [0.1, 0.15) is 5.52 Å². The van der Waals surface area contributed by atoms with Crippen molar-refractivity contribution in [1.29, 1.82) is 0 Å². The number of piperazine rings is 1. The van der Waals surface area contributed by atoms with Crippen molar-refractivity contribution < 1.29 is 35.9 Å². The van der Waals surface area contributed by atoms with E-state index in [0.717, 1.165) is 27.6 Å². The molecule has 1 unspecified atom stereocenters. The van der Waals surface area contributed by atoms with Crippen LogP contribution < -0.4 is 0 Å². The minimum Gasteiger partial charge on any atom is -0.339 e. The Labute approximate surface area is 293 Å². The first kappa shape index (κ1) is 36.1. The molecule has 268 valence electrons. The van der Waals surface area contributed by atoms with E-state index in [-0.39, 0.29) is 38.0 Å². The number of carbonyl (C=O) groups excluding carboxylic acids is 2. The lowest BCUT2D eigenvalue weighted by Gasteiger charge is -2.40. The number of rotatable bonds is 9. The van der Waals surface area contributed by atoms with E-state index in [1.807, 2.05) is 30.3 Å². The van der Waals surface area contributed by atoms with Crippen LogP contribution in [0.5, 0.6) is 0 Å². The van der Waals surface area contributed by atoms with Crippen LogP contribution in [0.3, 0.4) is 0 Å². The van der Waals surface area contributed by atoms with Crippen LogP contribution in [0, 0.1) is 6.92 Å². The normalized spacial score (nSPS) is 15.6. The molecule has 0 bridgehead atoms. The molecule has 8 nitrogen and oxygen atoms in total. The van der Waals surface area contributed by atoms with Crippen LogP contribution in [0.25, 0.3) is 22.1 Å². The van der Waals surface area contributed by atoms with Gasteiger partial charge >= 0.3 is 12.4 Å². The summed E-state index contributed by atoms with van der Waals surface area (Å²) in [6.07, 6.45) is -8.62. The second kappa shape index (κ2) is 14.5. The van der Waals surface area contributed by atoms with Crippen LogP contribution in [-0.2, 0) is 23.7 Å². The van der Waals surface area contributed by atoms with Gasteiger partial charge in [0.2, 0.25) is 11.1 Å². The molecule has 1 saturated heterocycles. The minimum absolute atomic E-state index is 0.00854. The van der Waals surface area contributed by atoms with Gasteiger partial charge in [-0.2, -0.15) is 26.3 Å². The Morgan fingerprint density at radius 1 is 0.882 bits per heavy atom. The van der Waals surface area contributed by atoms with Gasteiger partial charge in [-0.15, -0.1) is 10.2 Å². The van der Waals surface area contributed by atoms with E-state index in [2.05, 4.69) is 39.9 Å². The van der Waals surface area contributed by atoms with Crippen LogP contribution in [0.1, 0.15) is 58.8 Å². The Bertz CT molecular complexity index is 2050. The molecule has 15 heteroatoms. The van der Waals surface area contributed by atoms with Crippen molar-refractivity contribution >= 4 is 45.6 Å². The number of unbranched alkanes of at least 4 members (excludes halogenated alkanes) is 1. The van der Waals surface area contributed by atoms with Crippen molar-refractivity contribution in [2.75, 3.05) is 25.4 Å². The molecular formula is C36H34F6N6O2S. The molecule has 1 fully saturated rings. The number of nitrogens with zero attached hydrogens (tertiary/aromatic N) is 6. The molecule has 0 aliphatic carbocycles. The van der Waals surface area contributed by atoms with Gasteiger partial charge in [0, 0.05) is 55.3 Å². The second-order valence-corrected chi connectivity index (χ2v) is 13.7. The average Bonchev–Trinajstić information content (AvgIpc) is 3.39. The number of para-hydroxylation sites is 1. The maximum absolute atomic E-state index is 13.3. The third kappa shape index (κ3) is 8.13. The van der Waals surface area contributed by atoms with Gasteiger partial charge in [0.05, 0.1) is 16.6 Å². The Kier molecular flexibility index (Phi) is 10.3. The summed E-state index contributed by atoms with van der Waals surface area (Å²) in [6, 6.07) is 16.5. The number of thioether (sulfide) groups is 1. The van der Waals surface area contributed by atoms with Gasteiger partial charge in [-0.25, -0.2) is 4.98 Å². The van der Waals surface area contributed by atoms with Gasteiger partial charge < -0.3 is 14.4 Å². The minimum atomic E-state index is -5.06. The second-order valence-electron chi connectivity index (χ2n) is 12.6. The average molecular weight is 729 g/mol. The lowest BCUT2D eigenvalue weighted by molar-refractivity contribution is -0.143. The number of halogens is 6. The highest BCUT2D eigenvalue weighted by Crippen LogP contribution is 2.37. The number of hydrogen-bond donors (Lipinski definition) is 0. The topological polar surface area (TPSA) is 84.2 Å². The summed E-state index contributed by atoms with van der Waals surface area (Å²) in [6.45, 7) is 4.50. The van der Waals surface area contributed by atoms with Crippen molar-refractivity contribution in [3.05, 3.63) is 94.5 Å². The SMILES string of the molecule is Cc1cccc(Cn2c3ccccc3c3nnc(SCCCCC(=O)N4CCN(C(=O)c5cc(C(F)(F)F)cc(C(F)(F)F)c5)C(C)C4)nc32)c1. The molecule has 0 N–H and O–H groups in total. The first-order valence-corrected chi connectivity index (χ1v) is 17.4. The maximum Gasteiger partial charge on any atom is 0.416 e. The molecular weight excluding hydrogens is 694 g/mol. The maximum atomic E-state index is 13.3. The summed E-state index contributed by atoms with van der Waals surface area (Å²) in [5.74, 6) is -0.445. The number of aryl methyl sites for hydroxylation is 1. The van der Waals surface area contributed by atoms with Crippen LogP contribution in [0.2, 0.25) is 0 Å². The lowest BCUT2D eigenvalue weighted by Crippen LogP contribution is -2.55. The van der Waals surface area contributed by atoms with Gasteiger partial charge in [-0.3, -0.25) is 9.59 Å². The molecule has 1 atom stereocenters. The predicted molar refractivity (Wildman–Crippen MR) is 181 cm³/mol. The fourth-order valence-electron chi connectivity index (χ4n) is 6.33. The molecule has 2 amide bonds. The highest BCUT2D eigenvalue weighted by atomic mass is 32.2. The molecule has 2 aromatic heterocycles. The molecule has 1 aliphatic rings. The number of aromatic nitrogens is 4. The summed E-state index contributed by atoms with van der Waals surface area (Å²) in [4.78, 5) is 33.7. The summed E-state index contributed by atoms with van der Waals surface area (Å²) in [5, 5.41) is 10.4. The van der Waals surface area contributed by atoms with Crippen LogP contribution >= 0.6 is 11.8 Å².